The summed E-state index contributed by atoms with van der Waals surface area (Å²) in [5, 5.41) is 17.5. The lowest BCUT2D eigenvalue weighted by atomic mass is 10.2. The van der Waals surface area contributed by atoms with Gasteiger partial charge in [0.25, 0.3) is 6.43 Å². The summed E-state index contributed by atoms with van der Waals surface area (Å²) >= 11 is 0. The van der Waals surface area contributed by atoms with Gasteiger partial charge in [-0.05, 0) is 6.07 Å². The molecule has 2 aromatic rings. The van der Waals surface area contributed by atoms with Crippen molar-refractivity contribution in [2.45, 2.75) is 6.43 Å². The van der Waals surface area contributed by atoms with Crippen LogP contribution in [-0.2, 0) is 0 Å². The molecule has 0 saturated heterocycles. The number of rotatable bonds is 5. The fraction of sp³-hybridized carbons (Fsp3) is 0.333. The molecule has 0 aliphatic carbocycles. The van der Waals surface area contributed by atoms with Crippen LogP contribution < -0.4 is 4.90 Å². The molecular weight excluding hydrogens is 240 g/mol. The van der Waals surface area contributed by atoms with Crippen LogP contribution in [0, 0.1) is 0 Å². The summed E-state index contributed by atoms with van der Waals surface area (Å²) in [6, 6.07) is 7.19. The summed E-state index contributed by atoms with van der Waals surface area (Å²) in [6.45, 7) is -0.486. The fourth-order valence-electron chi connectivity index (χ4n) is 1.84. The highest BCUT2D eigenvalue weighted by molar-refractivity contribution is 5.90. The maximum absolute atomic E-state index is 12.5. The van der Waals surface area contributed by atoms with Gasteiger partial charge < -0.3 is 10.0 Å². The molecule has 1 heterocycles. The van der Waals surface area contributed by atoms with Crippen molar-refractivity contribution in [3.8, 4) is 0 Å². The zero-order valence-electron chi connectivity index (χ0n) is 9.63. The third-order valence-corrected chi connectivity index (χ3v) is 2.59. The Labute approximate surface area is 103 Å². The van der Waals surface area contributed by atoms with Crippen molar-refractivity contribution in [3.63, 3.8) is 0 Å². The molecule has 1 aromatic heterocycles. The van der Waals surface area contributed by atoms with Gasteiger partial charge in [0.15, 0.2) is 0 Å². The van der Waals surface area contributed by atoms with E-state index in [9.17, 15) is 8.78 Å². The monoisotopic (exact) mass is 253 g/mol. The number of anilines is 1. The van der Waals surface area contributed by atoms with Crippen LogP contribution in [0.15, 0.2) is 30.5 Å². The largest absolute Gasteiger partial charge is 0.395 e. The van der Waals surface area contributed by atoms with Crippen LogP contribution in [0.2, 0.25) is 0 Å². The Kier molecular flexibility index (Phi) is 3.99. The van der Waals surface area contributed by atoms with Crippen LogP contribution >= 0.6 is 0 Å². The molecule has 1 N–H and O–H groups in total. The number of aliphatic hydroxyl groups excluding tert-OH is 1. The van der Waals surface area contributed by atoms with Gasteiger partial charge in [0.1, 0.15) is 0 Å². The average Bonchev–Trinajstić information content (AvgIpc) is 2.37. The molecule has 0 spiro atoms. The normalized spacial score (nSPS) is 11.1. The number of hydrogen-bond donors (Lipinski definition) is 1. The second-order valence-electron chi connectivity index (χ2n) is 3.81. The molecule has 0 amide bonds. The quantitative estimate of drug-likeness (QED) is 0.881. The lowest BCUT2D eigenvalue weighted by Crippen LogP contribution is -2.31. The lowest BCUT2D eigenvalue weighted by molar-refractivity contribution is 0.153. The first kappa shape index (κ1) is 12.6. The van der Waals surface area contributed by atoms with Crippen molar-refractivity contribution < 1.29 is 13.9 Å². The number of halogens is 2. The summed E-state index contributed by atoms with van der Waals surface area (Å²) in [6.07, 6.45) is -1.02. The molecule has 0 atom stereocenters. The van der Waals surface area contributed by atoms with Crippen molar-refractivity contribution >= 4 is 16.6 Å². The van der Waals surface area contributed by atoms with Gasteiger partial charge >= 0.3 is 0 Å². The van der Waals surface area contributed by atoms with Crippen molar-refractivity contribution in [2.75, 3.05) is 24.6 Å². The van der Waals surface area contributed by atoms with Crippen LogP contribution in [0.5, 0.6) is 0 Å². The number of benzene rings is 1. The summed E-state index contributed by atoms with van der Waals surface area (Å²) in [5.74, 6) is 0. The molecule has 0 saturated carbocycles. The average molecular weight is 253 g/mol. The molecule has 0 bridgehead atoms. The van der Waals surface area contributed by atoms with Crippen LogP contribution in [0.1, 0.15) is 0 Å². The molecule has 4 nitrogen and oxygen atoms in total. The predicted octanol–water partition coefficient (Wildman–Crippen LogP) is 1.69. The van der Waals surface area contributed by atoms with Crippen molar-refractivity contribution in [2.24, 2.45) is 0 Å². The summed E-state index contributed by atoms with van der Waals surface area (Å²) in [5.41, 5.74) is 1.21. The molecule has 0 aliphatic heterocycles. The second-order valence-corrected chi connectivity index (χ2v) is 3.81. The third kappa shape index (κ3) is 2.70. The van der Waals surface area contributed by atoms with Crippen molar-refractivity contribution in [3.05, 3.63) is 30.5 Å². The molecule has 1 aromatic carbocycles. The van der Waals surface area contributed by atoms with Crippen molar-refractivity contribution in [1.82, 2.24) is 10.2 Å². The van der Waals surface area contributed by atoms with E-state index in [1.165, 1.54) is 11.1 Å². The highest BCUT2D eigenvalue weighted by Crippen LogP contribution is 2.24. The summed E-state index contributed by atoms with van der Waals surface area (Å²) < 4.78 is 25.1. The van der Waals surface area contributed by atoms with E-state index in [0.29, 0.717) is 11.2 Å². The van der Waals surface area contributed by atoms with Gasteiger partial charge in [-0.25, -0.2) is 8.78 Å². The highest BCUT2D eigenvalue weighted by Gasteiger charge is 2.15. The van der Waals surface area contributed by atoms with Gasteiger partial charge in [-0.2, -0.15) is 10.2 Å². The minimum absolute atomic E-state index is 0.139. The Bertz CT molecular complexity index is 516. The Morgan fingerprint density at radius 1 is 1.28 bits per heavy atom. The minimum atomic E-state index is -2.47. The first-order valence-electron chi connectivity index (χ1n) is 5.56. The number of alkyl halides is 2. The molecule has 6 heteroatoms. The first-order valence-corrected chi connectivity index (χ1v) is 5.56. The van der Waals surface area contributed by atoms with E-state index in [1.54, 1.807) is 12.1 Å². The molecule has 0 aliphatic rings. The molecule has 0 radical (unpaired) electrons. The van der Waals surface area contributed by atoms with Crippen LogP contribution in [0.3, 0.4) is 0 Å². The van der Waals surface area contributed by atoms with Crippen LogP contribution in [0.25, 0.3) is 10.9 Å². The topological polar surface area (TPSA) is 49.2 Å². The highest BCUT2D eigenvalue weighted by atomic mass is 19.3. The molecule has 0 unspecified atom stereocenters. The summed E-state index contributed by atoms with van der Waals surface area (Å²) in [7, 11) is 0. The standard InChI is InChI=1S/C12H13F2N3O/c13-12(14)8-17(5-6-18)11-7-15-16-10-4-2-1-3-9(10)11/h1-4,7,12,18H,5-6,8H2. The van der Waals surface area contributed by atoms with Crippen LogP contribution in [-0.4, -0.2) is 41.4 Å². The predicted molar refractivity (Wildman–Crippen MR) is 64.8 cm³/mol. The molecule has 96 valence electrons. The molecular formula is C12H13F2N3O. The summed E-state index contributed by atoms with van der Waals surface area (Å²) in [4.78, 5) is 1.42. The van der Waals surface area contributed by atoms with Gasteiger partial charge in [-0.15, -0.1) is 0 Å². The van der Waals surface area contributed by atoms with E-state index >= 15 is 0 Å². The van der Waals surface area contributed by atoms with Gasteiger partial charge in [0.2, 0.25) is 0 Å². The maximum Gasteiger partial charge on any atom is 0.255 e. The van der Waals surface area contributed by atoms with Gasteiger partial charge in [-0.1, -0.05) is 18.2 Å². The Balaban J connectivity index is 2.43. The molecule has 18 heavy (non-hydrogen) atoms. The van der Waals surface area contributed by atoms with E-state index in [1.807, 2.05) is 12.1 Å². The lowest BCUT2D eigenvalue weighted by Gasteiger charge is -2.24. The van der Waals surface area contributed by atoms with E-state index < -0.39 is 13.0 Å². The minimum Gasteiger partial charge on any atom is -0.395 e. The zero-order chi connectivity index (χ0) is 13.0. The number of hydrogen-bond acceptors (Lipinski definition) is 4. The van der Waals surface area contributed by atoms with Crippen LogP contribution in [0.4, 0.5) is 14.5 Å². The molecule has 2 rings (SSSR count). The van der Waals surface area contributed by atoms with E-state index in [4.69, 9.17) is 5.11 Å². The number of fused-ring (bicyclic) bond motifs is 1. The number of nitrogens with zero attached hydrogens (tertiary/aromatic N) is 3. The Morgan fingerprint density at radius 2 is 2.06 bits per heavy atom. The maximum atomic E-state index is 12.5. The Morgan fingerprint density at radius 3 is 2.78 bits per heavy atom. The van der Waals surface area contributed by atoms with Crippen molar-refractivity contribution in [1.29, 1.82) is 0 Å². The first-order chi connectivity index (χ1) is 8.72. The Hall–Kier alpha value is -1.82. The fourth-order valence-corrected chi connectivity index (χ4v) is 1.84. The number of aliphatic hydroxyl groups is 1. The van der Waals surface area contributed by atoms with E-state index in [2.05, 4.69) is 10.2 Å². The third-order valence-electron chi connectivity index (χ3n) is 2.59. The molecule has 0 fully saturated rings. The smallest absolute Gasteiger partial charge is 0.255 e. The van der Waals surface area contributed by atoms with Gasteiger partial charge in [-0.3, -0.25) is 0 Å². The van der Waals surface area contributed by atoms with Gasteiger partial charge in [0, 0.05) is 11.9 Å². The van der Waals surface area contributed by atoms with Gasteiger partial charge in [0.05, 0.1) is 30.6 Å². The zero-order valence-corrected chi connectivity index (χ0v) is 9.63. The second kappa shape index (κ2) is 5.68. The SMILES string of the molecule is OCCN(CC(F)F)c1cnnc2ccccc12. The van der Waals surface area contributed by atoms with E-state index in [0.717, 1.165) is 5.39 Å². The number of aromatic nitrogens is 2. The van der Waals surface area contributed by atoms with E-state index in [-0.39, 0.29) is 13.2 Å².